The first-order valence-corrected chi connectivity index (χ1v) is 11.3. The first-order chi connectivity index (χ1) is 14.0. The highest BCUT2D eigenvalue weighted by atomic mass is 32.2. The Kier molecular flexibility index (Phi) is 7.41. The van der Waals surface area contributed by atoms with E-state index in [-0.39, 0.29) is 12.5 Å². The van der Waals surface area contributed by atoms with E-state index in [2.05, 4.69) is 16.3 Å². The van der Waals surface area contributed by atoms with Crippen LogP contribution in [0.15, 0.2) is 23.4 Å². The van der Waals surface area contributed by atoms with Crippen LogP contribution in [0.2, 0.25) is 0 Å². The molecule has 0 bridgehead atoms. The van der Waals surface area contributed by atoms with Gasteiger partial charge in [0.1, 0.15) is 12.4 Å². The van der Waals surface area contributed by atoms with Gasteiger partial charge in [-0.15, -0.1) is 10.2 Å². The summed E-state index contributed by atoms with van der Waals surface area (Å²) in [6.45, 7) is 7.07. The number of nitrogen functional groups attached to an aromatic ring is 1. The molecule has 1 heterocycles. The number of hydrogen-bond acceptors (Lipinski definition) is 6. The van der Waals surface area contributed by atoms with E-state index in [1.807, 2.05) is 37.8 Å². The van der Waals surface area contributed by atoms with Crippen LogP contribution in [0.1, 0.15) is 56.0 Å². The van der Waals surface area contributed by atoms with Crippen molar-refractivity contribution in [2.24, 2.45) is 0 Å². The van der Waals surface area contributed by atoms with Gasteiger partial charge < -0.3 is 15.5 Å². The quantitative estimate of drug-likeness (QED) is 0.523. The van der Waals surface area contributed by atoms with E-state index in [9.17, 15) is 4.79 Å². The molecule has 3 rings (SSSR count). The Balaban J connectivity index is 1.55. The van der Waals surface area contributed by atoms with Gasteiger partial charge in [0.15, 0.2) is 5.82 Å². The van der Waals surface area contributed by atoms with E-state index in [0.717, 1.165) is 30.7 Å². The third kappa shape index (κ3) is 5.44. The number of hydrogen-bond donors (Lipinski definition) is 1. The molecular weight excluding hydrogens is 386 g/mol. The summed E-state index contributed by atoms with van der Waals surface area (Å²) < 4.78 is 7.26. The van der Waals surface area contributed by atoms with E-state index >= 15 is 0 Å². The van der Waals surface area contributed by atoms with Crippen molar-refractivity contribution >= 4 is 17.7 Å². The molecule has 0 spiro atoms. The van der Waals surface area contributed by atoms with E-state index in [0.29, 0.717) is 22.8 Å². The molecule has 2 aromatic rings. The SMILES string of the molecule is CCN(C(=O)CSc1nnc(COc2ccc(C)cc2C)n1N)C1CCCCC1. The fourth-order valence-corrected chi connectivity index (χ4v) is 4.61. The zero-order chi connectivity index (χ0) is 20.8. The van der Waals surface area contributed by atoms with E-state index in [1.165, 1.54) is 41.3 Å². The van der Waals surface area contributed by atoms with Gasteiger partial charge in [-0.2, -0.15) is 0 Å². The summed E-state index contributed by atoms with van der Waals surface area (Å²) in [5.41, 5.74) is 2.25. The first kappa shape index (κ1) is 21.5. The molecule has 1 saturated carbocycles. The van der Waals surface area contributed by atoms with Crippen molar-refractivity contribution in [2.75, 3.05) is 18.1 Å². The third-order valence-electron chi connectivity index (χ3n) is 5.42. The number of thioether (sulfide) groups is 1. The highest BCUT2D eigenvalue weighted by Crippen LogP contribution is 2.24. The highest BCUT2D eigenvalue weighted by Gasteiger charge is 2.24. The number of nitrogens with zero attached hydrogens (tertiary/aromatic N) is 4. The summed E-state index contributed by atoms with van der Waals surface area (Å²) in [4.78, 5) is 14.7. The number of nitrogens with two attached hydrogens (primary N) is 1. The maximum atomic E-state index is 12.7. The first-order valence-electron chi connectivity index (χ1n) is 10.3. The normalized spacial score (nSPS) is 14.7. The van der Waals surface area contributed by atoms with Gasteiger partial charge in [-0.3, -0.25) is 4.79 Å². The second-order valence-corrected chi connectivity index (χ2v) is 8.53. The van der Waals surface area contributed by atoms with Crippen molar-refractivity contribution in [3.8, 4) is 5.75 Å². The summed E-state index contributed by atoms with van der Waals surface area (Å²) in [6, 6.07) is 6.40. The Morgan fingerprint density at radius 3 is 2.72 bits per heavy atom. The van der Waals surface area contributed by atoms with Gasteiger partial charge >= 0.3 is 0 Å². The Labute approximate surface area is 177 Å². The van der Waals surface area contributed by atoms with Gasteiger partial charge in [-0.1, -0.05) is 48.7 Å². The van der Waals surface area contributed by atoms with E-state index in [1.54, 1.807) is 0 Å². The van der Waals surface area contributed by atoms with Crippen molar-refractivity contribution < 1.29 is 9.53 Å². The molecule has 158 valence electrons. The fourth-order valence-electron chi connectivity index (χ4n) is 3.85. The van der Waals surface area contributed by atoms with Crippen LogP contribution in [-0.2, 0) is 11.4 Å². The summed E-state index contributed by atoms with van der Waals surface area (Å²) >= 11 is 1.33. The van der Waals surface area contributed by atoms with Crippen LogP contribution in [0.5, 0.6) is 5.75 Å². The van der Waals surface area contributed by atoms with Gasteiger partial charge in [0.2, 0.25) is 11.1 Å². The number of carbonyl (C=O) groups excluding carboxylic acids is 1. The molecule has 0 aliphatic heterocycles. The van der Waals surface area contributed by atoms with Crippen molar-refractivity contribution in [1.82, 2.24) is 19.8 Å². The molecule has 0 unspecified atom stereocenters. The van der Waals surface area contributed by atoms with Gasteiger partial charge in [-0.25, -0.2) is 4.68 Å². The van der Waals surface area contributed by atoms with Crippen LogP contribution in [0.4, 0.5) is 0 Å². The number of ether oxygens (including phenoxy) is 1. The van der Waals surface area contributed by atoms with Crippen molar-refractivity contribution in [1.29, 1.82) is 0 Å². The van der Waals surface area contributed by atoms with Crippen molar-refractivity contribution in [2.45, 2.75) is 70.7 Å². The highest BCUT2D eigenvalue weighted by molar-refractivity contribution is 7.99. The number of carbonyl (C=O) groups is 1. The second-order valence-electron chi connectivity index (χ2n) is 7.59. The molecule has 2 N–H and O–H groups in total. The topological polar surface area (TPSA) is 86.3 Å². The fraction of sp³-hybridized carbons (Fsp3) is 0.571. The number of amides is 1. The van der Waals surface area contributed by atoms with Crippen LogP contribution < -0.4 is 10.6 Å². The lowest BCUT2D eigenvalue weighted by Gasteiger charge is -2.33. The average molecular weight is 418 g/mol. The molecule has 7 nitrogen and oxygen atoms in total. The molecule has 8 heteroatoms. The lowest BCUT2D eigenvalue weighted by molar-refractivity contribution is -0.131. The van der Waals surface area contributed by atoms with Gasteiger partial charge in [0.25, 0.3) is 0 Å². The summed E-state index contributed by atoms with van der Waals surface area (Å²) in [5.74, 6) is 7.92. The number of aromatic nitrogens is 3. The third-order valence-corrected chi connectivity index (χ3v) is 6.35. The molecule has 1 aliphatic carbocycles. The Morgan fingerprint density at radius 1 is 1.28 bits per heavy atom. The van der Waals surface area contributed by atoms with Crippen molar-refractivity contribution in [3.63, 3.8) is 0 Å². The summed E-state index contributed by atoms with van der Waals surface area (Å²) in [7, 11) is 0. The molecule has 1 amide bonds. The van der Waals surface area contributed by atoms with Crippen LogP contribution in [0, 0.1) is 13.8 Å². The maximum Gasteiger partial charge on any atom is 0.233 e. The Bertz CT molecular complexity index is 832. The number of benzene rings is 1. The molecule has 0 atom stereocenters. The largest absolute Gasteiger partial charge is 0.485 e. The van der Waals surface area contributed by atoms with Gasteiger partial charge in [-0.05, 0) is 45.2 Å². The monoisotopic (exact) mass is 417 g/mol. The molecule has 0 saturated heterocycles. The molecule has 29 heavy (non-hydrogen) atoms. The summed E-state index contributed by atoms with van der Waals surface area (Å²) in [5, 5.41) is 8.79. The molecule has 1 aliphatic rings. The Morgan fingerprint density at radius 2 is 2.03 bits per heavy atom. The maximum absolute atomic E-state index is 12.7. The van der Waals surface area contributed by atoms with Crippen LogP contribution >= 0.6 is 11.8 Å². The smallest absolute Gasteiger partial charge is 0.233 e. The number of aryl methyl sites for hydroxylation is 2. The predicted octanol–water partition coefficient (Wildman–Crippen LogP) is 3.46. The minimum atomic E-state index is 0.139. The molecular formula is C21H31N5O2S. The van der Waals surface area contributed by atoms with E-state index in [4.69, 9.17) is 10.6 Å². The van der Waals surface area contributed by atoms with E-state index < -0.39 is 0 Å². The number of rotatable bonds is 8. The summed E-state index contributed by atoms with van der Waals surface area (Å²) in [6.07, 6.45) is 5.92. The zero-order valence-corrected chi connectivity index (χ0v) is 18.4. The molecule has 1 aromatic heterocycles. The minimum Gasteiger partial charge on any atom is -0.485 e. The van der Waals surface area contributed by atoms with Gasteiger partial charge in [0.05, 0.1) is 5.75 Å². The van der Waals surface area contributed by atoms with Crippen LogP contribution in [0.3, 0.4) is 0 Å². The van der Waals surface area contributed by atoms with Gasteiger partial charge in [0, 0.05) is 12.6 Å². The van der Waals surface area contributed by atoms with Crippen LogP contribution in [-0.4, -0.2) is 44.0 Å². The average Bonchev–Trinajstić information content (AvgIpc) is 3.07. The Hall–Kier alpha value is -2.22. The lowest BCUT2D eigenvalue weighted by Crippen LogP contribution is -2.42. The lowest BCUT2D eigenvalue weighted by atomic mass is 9.94. The standard InChI is InChI=1S/C21H31N5O2S/c1-4-25(17-8-6-5-7-9-17)20(27)14-29-21-24-23-19(26(21)22)13-28-18-11-10-15(2)12-16(18)3/h10-12,17H,4-9,13-14,22H2,1-3H3. The molecule has 1 fully saturated rings. The molecule has 0 radical (unpaired) electrons. The minimum absolute atomic E-state index is 0.139. The second kappa shape index (κ2) is 10.0. The van der Waals surface area contributed by atoms with Crippen LogP contribution in [0.25, 0.3) is 0 Å². The predicted molar refractivity (Wildman–Crippen MR) is 115 cm³/mol. The zero-order valence-electron chi connectivity index (χ0n) is 17.6. The molecule has 1 aromatic carbocycles. The van der Waals surface area contributed by atoms with Crippen molar-refractivity contribution in [3.05, 3.63) is 35.2 Å².